The molecule has 0 unspecified atom stereocenters. The molecule has 1 N–H and O–H groups in total. The third-order valence-electron chi connectivity index (χ3n) is 2.48. The second-order valence-corrected chi connectivity index (χ2v) is 4.58. The highest BCUT2D eigenvalue weighted by atomic mass is 32.2. The van der Waals surface area contributed by atoms with Gasteiger partial charge >= 0.3 is 0 Å². The van der Waals surface area contributed by atoms with Gasteiger partial charge in [0, 0.05) is 24.0 Å². The highest BCUT2D eigenvalue weighted by Gasteiger charge is 2.19. The van der Waals surface area contributed by atoms with Gasteiger partial charge in [-0.1, -0.05) is 24.3 Å². The quantitative estimate of drug-likeness (QED) is 0.768. The van der Waals surface area contributed by atoms with E-state index < -0.39 is 0 Å². The minimum atomic E-state index is 0.780. The van der Waals surface area contributed by atoms with E-state index in [1.165, 1.54) is 22.6 Å². The van der Waals surface area contributed by atoms with Gasteiger partial charge in [0.1, 0.15) is 0 Å². The van der Waals surface area contributed by atoms with Gasteiger partial charge in [0.25, 0.3) is 0 Å². The van der Waals surface area contributed by atoms with Crippen LogP contribution in [0.1, 0.15) is 17.0 Å². The number of hydroxylamine groups is 1. The predicted molar refractivity (Wildman–Crippen MR) is 60.4 cm³/mol. The summed E-state index contributed by atoms with van der Waals surface area (Å²) >= 11 is 2.02. The standard InChI is InChI=1S/C11H15NOS/c1-13-12-6-9-3-2-4-10(5-9)11-7-14-8-11/h2-5,11-12H,6-8H2,1H3. The van der Waals surface area contributed by atoms with E-state index in [0.717, 1.165) is 12.5 Å². The molecule has 0 radical (unpaired) electrons. The Morgan fingerprint density at radius 1 is 1.50 bits per heavy atom. The van der Waals surface area contributed by atoms with E-state index in [1.54, 1.807) is 7.11 Å². The maximum atomic E-state index is 4.83. The summed E-state index contributed by atoms with van der Waals surface area (Å²) < 4.78 is 0. The van der Waals surface area contributed by atoms with Gasteiger partial charge in [-0.2, -0.15) is 17.2 Å². The van der Waals surface area contributed by atoms with Crippen molar-refractivity contribution < 1.29 is 4.84 Å². The van der Waals surface area contributed by atoms with Crippen LogP contribution in [-0.4, -0.2) is 18.6 Å². The zero-order valence-electron chi connectivity index (χ0n) is 8.32. The number of hydrogen-bond donors (Lipinski definition) is 1. The maximum Gasteiger partial charge on any atom is 0.0572 e. The second-order valence-electron chi connectivity index (χ2n) is 3.50. The van der Waals surface area contributed by atoms with Crippen molar-refractivity contribution >= 4 is 11.8 Å². The zero-order valence-corrected chi connectivity index (χ0v) is 9.14. The first kappa shape index (κ1) is 10.0. The molecule has 2 rings (SSSR count). The van der Waals surface area contributed by atoms with Crippen LogP contribution < -0.4 is 5.48 Å². The lowest BCUT2D eigenvalue weighted by Crippen LogP contribution is -2.16. The lowest BCUT2D eigenvalue weighted by molar-refractivity contribution is 0.0867. The van der Waals surface area contributed by atoms with Crippen molar-refractivity contribution in [1.82, 2.24) is 5.48 Å². The van der Waals surface area contributed by atoms with E-state index in [1.807, 2.05) is 11.8 Å². The summed E-state index contributed by atoms with van der Waals surface area (Å²) in [5.41, 5.74) is 5.63. The first-order valence-corrected chi connectivity index (χ1v) is 5.98. The van der Waals surface area contributed by atoms with Gasteiger partial charge in [-0.25, -0.2) is 0 Å². The van der Waals surface area contributed by atoms with Crippen molar-refractivity contribution in [3.8, 4) is 0 Å². The lowest BCUT2D eigenvalue weighted by atomic mass is 10.00. The van der Waals surface area contributed by atoms with Gasteiger partial charge < -0.3 is 4.84 Å². The molecule has 0 aromatic heterocycles. The van der Waals surface area contributed by atoms with E-state index in [4.69, 9.17) is 4.84 Å². The number of benzene rings is 1. The number of rotatable bonds is 4. The smallest absolute Gasteiger partial charge is 0.0572 e. The highest BCUT2D eigenvalue weighted by molar-refractivity contribution is 8.00. The van der Waals surface area contributed by atoms with E-state index in [9.17, 15) is 0 Å². The molecule has 1 aromatic carbocycles. The Kier molecular flexibility index (Phi) is 3.45. The van der Waals surface area contributed by atoms with Crippen LogP contribution in [0.2, 0.25) is 0 Å². The minimum absolute atomic E-state index is 0.780. The number of nitrogens with one attached hydrogen (secondary N) is 1. The first-order valence-electron chi connectivity index (χ1n) is 4.82. The Morgan fingerprint density at radius 2 is 2.36 bits per heavy atom. The van der Waals surface area contributed by atoms with Crippen LogP contribution in [0.25, 0.3) is 0 Å². The van der Waals surface area contributed by atoms with Crippen LogP contribution in [0, 0.1) is 0 Å². The summed E-state index contributed by atoms with van der Waals surface area (Å²) in [5.74, 6) is 3.34. The van der Waals surface area contributed by atoms with Gasteiger partial charge in [-0.3, -0.25) is 0 Å². The van der Waals surface area contributed by atoms with Gasteiger partial charge in [0.2, 0.25) is 0 Å². The fraction of sp³-hybridized carbons (Fsp3) is 0.455. The molecule has 0 bridgehead atoms. The molecule has 1 aliphatic rings. The van der Waals surface area contributed by atoms with Gasteiger partial charge in [0.15, 0.2) is 0 Å². The summed E-state index contributed by atoms with van der Waals surface area (Å²) in [7, 11) is 1.65. The summed E-state index contributed by atoms with van der Waals surface area (Å²) in [6, 6.07) is 8.75. The first-order chi connectivity index (χ1) is 6.90. The van der Waals surface area contributed by atoms with E-state index in [-0.39, 0.29) is 0 Å². The fourth-order valence-electron chi connectivity index (χ4n) is 1.54. The average Bonchev–Trinajstić information content (AvgIpc) is 2.13. The molecule has 0 atom stereocenters. The second kappa shape index (κ2) is 4.82. The zero-order chi connectivity index (χ0) is 9.80. The molecule has 0 saturated carbocycles. The molecule has 0 amide bonds. The Hall–Kier alpha value is -0.510. The molecule has 0 aliphatic carbocycles. The van der Waals surface area contributed by atoms with Crippen molar-refractivity contribution in [2.75, 3.05) is 18.6 Å². The summed E-state index contributed by atoms with van der Waals surface area (Å²) in [6.45, 7) is 0.782. The van der Waals surface area contributed by atoms with Crippen LogP contribution in [0.3, 0.4) is 0 Å². The van der Waals surface area contributed by atoms with Gasteiger partial charge in [0.05, 0.1) is 7.11 Å². The molecule has 1 saturated heterocycles. The van der Waals surface area contributed by atoms with Crippen molar-refractivity contribution in [3.05, 3.63) is 35.4 Å². The Labute approximate surface area is 89.0 Å². The molecular weight excluding hydrogens is 194 g/mol. The van der Waals surface area contributed by atoms with Gasteiger partial charge in [-0.05, 0) is 11.1 Å². The fourth-order valence-corrected chi connectivity index (χ4v) is 2.40. The Morgan fingerprint density at radius 3 is 3.00 bits per heavy atom. The normalized spacial score (nSPS) is 16.6. The SMILES string of the molecule is CONCc1cccc(C2CSC2)c1. The number of hydrogen-bond acceptors (Lipinski definition) is 3. The van der Waals surface area contributed by atoms with Crippen LogP contribution in [-0.2, 0) is 11.4 Å². The summed E-state index contributed by atoms with van der Waals surface area (Å²) in [4.78, 5) is 4.83. The van der Waals surface area contributed by atoms with E-state index >= 15 is 0 Å². The molecular formula is C11H15NOS. The van der Waals surface area contributed by atoms with Crippen LogP contribution in [0.5, 0.6) is 0 Å². The molecule has 14 heavy (non-hydrogen) atoms. The molecule has 0 spiro atoms. The minimum Gasteiger partial charge on any atom is -0.305 e. The number of thioether (sulfide) groups is 1. The molecule has 1 fully saturated rings. The van der Waals surface area contributed by atoms with E-state index in [2.05, 4.69) is 29.7 Å². The van der Waals surface area contributed by atoms with Crippen LogP contribution in [0.4, 0.5) is 0 Å². The van der Waals surface area contributed by atoms with Crippen molar-refractivity contribution in [2.24, 2.45) is 0 Å². The lowest BCUT2D eigenvalue weighted by Gasteiger charge is -2.25. The average molecular weight is 209 g/mol. The Balaban J connectivity index is 2.02. The monoisotopic (exact) mass is 209 g/mol. The molecule has 3 heteroatoms. The third-order valence-corrected chi connectivity index (χ3v) is 3.76. The molecule has 2 nitrogen and oxygen atoms in total. The van der Waals surface area contributed by atoms with Crippen molar-refractivity contribution in [2.45, 2.75) is 12.5 Å². The molecule has 1 aromatic rings. The maximum absolute atomic E-state index is 4.83. The molecule has 1 aliphatic heterocycles. The van der Waals surface area contributed by atoms with Crippen LogP contribution in [0.15, 0.2) is 24.3 Å². The molecule has 76 valence electrons. The largest absolute Gasteiger partial charge is 0.305 e. The summed E-state index contributed by atoms with van der Waals surface area (Å²) in [5, 5.41) is 0. The predicted octanol–water partition coefficient (Wildman–Crippen LogP) is 2.17. The Bertz CT molecular complexity index is 299. The van der Waals surface area contributed by atoms with Crippen molar-refractivity contribution in [3.63, 3.8) is 0 Å². The van der Waals surface area contributed by atoms with Crippen molar-refractivity contribution in [1.29, 1.82) is 0 Å². The molecule has 1 heterocycles. The van der Waals surface area contributed by atoms with Crippen LogP contribution >= 0.6 is 11.8 Å². The third kappa shape index (κ3) is 2.29. The van der Waals surface area contributed by atoms with Gasteiger partial charge in [-0.15, -0.1) is 0 Å². The highest BCUT2D eigenvalue weighted by Crippen LogP contribution is 2.33. The van der Waals surface area contributed by atoms with E-state index in [0.29, 0.717) is 0 Å². The topological polar surface area (TPSA) is 21.3 Å². The summed E-state index contributed by atoms with van der Waals surface area (Å²) in [6.07, 6.45) is 0.